The van der Waals surface area contributed by atoms with Crippen molar-refractivity contribution in [1.82, 2.24) is 9.97 Å². The number of carboxylic acid groups (broad SMARTS) is 1. The van der Waals surface area contributed by atoms with Gasteiger partial charge in [-0.2, -0.15) is 0 Å². The zero-order valence-corrected chi connectivity index (χ0v) is 9.14. The molecule has 0 saturated heterocycles. The monoisotopic (exact) mass is 209 g/mol. The SMILES string of the molecule is CC(Cc1ccnc(N(C)C)n1)C(=O)O. The summed E-state index contributed by atoms with van der Waals surface area (Å²) in [5.74, 6) is -0.625. The maximum atomic E-state index is 10.7. The molecule has 1 aromatic heterocycles. The lowest BCUT2D eigenvalue weighted by Gasteiger charge is -2.11. The van der Waals surface area contributed by atoms with Crippen molar-refractivity contribution in [2.45, 2.75) is 13.3 Å². The molecule has 1 heterocycles. The van der Waals surface area contributed by atoms with Crippen LogP contribution in [0.4, 0.5) is 5.95 Å². The van der Waals surface area contributed by atoms with Crippen LogP contribution in [0.2, 0.25) is 0 Å². The maximum Gasteiger partial charge on any atom is 0.306 e. The summed E-state index contributed by atoms with van der Waals surface area (Å²) >= 11 is 0. The van der Waals surface area contributed by atoms with Gasteiger partial charge in [-0.15, -0.1) is 0 Å². The van der Waals surface area contributed by atoms with Gasteiger partial charge in [0.2, 0.25) is 5.95 Å². The van der Waals surface area contributed by atoms with Crippen LogP contribution in [-0.4, -0.2) is 35.1 Å². The molecule has 0 radical (unpaired) electrons. The third-order valence-electron chi connectivity index (χ3n) is 2.04. The first kappa shape index (κ1) is 11.4. The van der Waals surface area contributed by atoms with E-state index in [-0.39, 0.29) is 0 Å². The van der Waals surface area contributed by atoms with Crippen LogP contribution in [0.1, 0.15) is 12.6 Å². The van der Waals surface area contributed by atoms with Gasteiger partial charge in [-0.1, -0.05) is 6.92 Å². The summed E-state index contributed by atoms with van der Waals surface area (Å²) in [5.41, 5.74) is 0.753. The quantitative estimate of drug-likeness (QED) is 0.794. The lowest BCUT2D eigenvalue weighted by atomic mass is 10.1. The molecular formula is C10H15N3O2. The topological polar surface area (TPSA) is 66.3 Å². The number of aliphatic carboxylic acids is 1. The van der Waals surface area contributed by atoms with Crippen LogP contribution in [0.5, 0.6) is 0 Å². The second-order valence-corrected chi connectivity index (χ2v) is 3.69. The highest BCUT2D eigenvalue weighted by atomic mass is 16.4. The van der Waals surface area contributed by atoms with Crippen LogP contribution in [-0.2, 0) is 11.2 Å². The number of rotatable bonds is 4. The van der Waals surface area contributed by atoms with Crippen molar-refractivity contribution in [3.05, 3.63) is 18.0 Å². The number of carbonyl (C=O) groups is 1. The standard InChI is InChI=1S/C10H15N3O2/c1-7(9(14)15)6-8-4-5-11-10(12-8)13(2)3/h4-5,7H,6H2,1-3H3,(H,14,15). The Balaban J connectivity index is 2.78. The number of anilines is 1. The third kappa shape index (κ3) is 3.19. The Labute approximate surface area is 88.8 Å². The van der Waals surface area contributed by atoms with Crippen molar-refractivity contribution in [3.8, 4) is 0 Å². The van der Waals surface area contributed by atoms with E-state index in [0.29, 0.717) is 12.4 Å². The summed E-state index contributed by atoms with van der Waals surface area (Å²) in [5, 5.41) is 8.77. The number of hydrogen-bond acceptors (Lipinski definition) is 4. The van der Waals surface area contributed by atoms with E-state index in [1.54, 1.807) is 24.1 Å². The van der Waals surface area contributed by atoms with E-state index >= 15 is 0 Å². The van der Waals surface area contributed by atoms with Crippen LogP contribution in [0.25, 0.3) is 0 Å². The van der Waals surface area contributed by atoms with Gasteiger partial charge in [0.05, 0.1) is 5.92 Å². The normalized spacial score (nSPS) is 12.2. The Bertz CT molecular complexity index is 352. The highest BCUT2D eigenvalue weighted by Crippen LogP contribution is 2.09. The molecule has 1 unspecified atom stereocenters. The molecule has 0 aliphatic carbocycles. The highest BCUT2D eigenvalue weighted by Gasteiger charge is 2.13. The molecule has 0 fully saturated rings. The Hall–Kier alpha value is -1.65. The van der Waals surface area contributed by atoms with Crippen molar-refractivity contribution in [2.24, 2.45) is 5.92 Å². The minimum atomic E-state index is -0.806. The number of aromatic nitrogens is 2. The van der Waals surface area contributed by atoms with E-state index in [1.807, 2.05) is 14.1 Å². The fraction of sp³-hybridized carbons (Fsp3) is 0.500. The molecule has 0 saturated carbocycles. The first-order valence-corrected chi connectivity index (χ1v) is 4.72. The Morgan fingerprint density at radius 3 is 2.80 bits per heavy atom. The first-order valence-electron chi connectivity index (χ1n) is 4.72. The summed E-state index contributed by atoms with van der Waals surface area (Å²) < 4.78 is 0. The van der Waals surface area contributed by atoms with E-state index in [4.69, 9.17) is 5.11 Å². The molecule has 0 amide bonds. The van der Waals surface area contributed by atoms with E-state index in [0.717, 1.165) is 5.69 Å². The summed E-state index contributed by atoms with van der Waals surface area (Å²) in [6.07, 6.45) is 2.07. The Kier molecular flexibility index (Phi) is 3.60. The van der Waals surface area contributed by atoms with Crippen LogP contribution < -0.4 is 4.90 Å². The molecule has 15 heavy (non-hydrogen) atoms. The molecular weight excluding hydrogens is 194 g/mol. The predicted octanol–water partition coefficient (Wildman–Crippen LogP) is 0.806. The predicted molar refractivity (Wildman–Crippen MR) is 56.9 cm³/mol. The number of carboxylic acids is 1. The molecule has 1 aromatic rings. The molecule has 82 valence electrons. The van der Waals surface area contributed by atoms with Gasteiger partial charge in [0, 0.05) is 32.4 Å². The van der Waals surface area contributed by atoms with E-state index in [2.05, 4.69) is 9.97 Å². The van der Waals surface area contributed by atoms with Gasteiger partial charge in [-0.3, -0.25) is 4.79 Å². The molecule has 0 aromatic carbocycles. The van der Waals surface area contributed by atoms with E-state index in [1.165, 1.54) is 0 Å². The van der Waals surface area contributed by atoms with Gasteiger partial charge in [0.25, 0.3) is 0 Å². The van der Waals surface area contributed by atoms with Gasteiger partial charge in [0.1, 0.15) is 0 Å². The molecule has 1 rings (SSSR count). The molecule has 1 N–H and O–H groups in total. The Morgan fingerprint density at radius 1 is 1.60 bits per heavy atom. The van der Waals surface area contributed by atoms with Crippen molar-refractivity contribution >= 4 is 11.9 Å². The average molecular weight is 209 g/mol. The summed E-state index contributed by atoms with van der Waals surface area (Å²) in [7, 11) is 3.69. The molecule has 5 heteroatoms. The highest BCUT2D eigenvalue weighted by molar-refractivity contribution is 5.69. The number of nitrogens with zero attached hydrogens (tertiary/aromatic N) is 3. The fourth-order valence-electron chi connectivity index (χ4n) is 1.11. The lowest BCUT2D eigenvalue weighted by molar-refractivity contribution is -0.141. The minimum Gasteiger partial charge on any atom is -0.481 e. The second kappa shape index (κ2) is 4.72. The number of hydrogen-bond donors (Lipinski definition) is 1. The minimum absolute atomic E-state index is 0.421. The molecule has 0 bridgehead atoms. The van der Waals surface area contributed by atoms with Gasteiger partial charge in [-0.25, -0.2) is 9.97 Å². The summed E-state index contributed by atoms with van der Waals surface area (Å²) in [6.45, 7) is 1.67. The molecule has 0 spiro atoms. The van der Waals surface area contributed by atoms with Crippen LogP contribution in [0.3, 0.4) is 0 Å². The second-order valence-electron chi connectivity index (χ2n) is 3.69. The molecule has 0 aliphatic heterocycles. The molecule has 0 aliphatic rings. The largest absolute Gasteiger partial charge is 0.481 e. The average Bonchev–Trinajstić information content (AvgIpc) is 2.18. The lowest BCUT2D eigenvalue weighted by Crippen LogP contribution is -2.16. The van der Waals surface area contributed by atoms with E-state index in [9.17, 15) is 4.79 Å². The van der Waals surface area contributed by atoms with Gasteiger partial charge in [-0.05, 0) is 6.07 Å². The third-order valence-corrected chi connectivity index (χ3v) is 2.04. The van der Waals surface area contributed by atoms with Crippen molar-refractivity contribution in [1.29, 1.82) is 0 Å². The summed E-state index contributed by atoms with van der Waals surface area (Å²) in [6, 6.07) is 1.74. The van der Waals surface area contributed by atoms with Gasteiger partial charge < -0.3 is 10.0 Å². The first-order chi connectivity index (χ1) is 7.00. The molecule has 1 atom stereocenters. The van der Waals surface area contributed by atoms with Gasteiger partial charge in [0.15, 0.2) is 0 Å². The van der Waals surface area contributed by atoms with Crippen molar-refractivity contribution in [3.63, 3.8) is 0 Å². The maximum absolute atomic E-state index is 10.7. The summed E-state index contributed by atoms with van der Waals surface area (Å²) in [4.78, 5) is 20.8. The molecule has 5 nitrogen and oxygen atoms in total. The van der Waals surface area contributed by atoms with Crippen LogP contribution >= 0.6 is 0 Å². The van der Waals surface area contributed by atoms with Crippen LogP contribution in [0.15, 0.2) is 12.3 Å². The Morgan fingerprint density at radius 2 is 2.27 bits per heavy atom. The zero-order chi connectivity index (χ0) is 11.4. The van der Waals surface area contributed by atoms with Crippen molar-refractivity contribution in [2.75, 3.05) is 19.0 Å². The van der Waals surface area contributed by atoms with E-state index < -0.39 is 11.9 Å². The fourth-order valence-corrected chi connectivity index (χ4v) is 1.11. The van der Waals surface area contributed by atoms with Gasteiger partial charge >= 0.3 is 5.97 Å². The van der Waals surface area contributed by atoms with Crippen molar-refractivity contribution < 1.29 is 9.90 Å². The zero-order valence-electron chi connectivity index (χ0n) is 9.14. The van der Waals surface area contributed by atoms with Crippen LogP contribution in [0, 0.1) is 5.92 Å². The smallest absolute Gasteiger partial charge is 0.306 e.